The number of aromatic amines is 1. The van der Waals surface area contributed by atoms with Gasteiger partial charge in [-0.25, -0.2) is 15.0 Å². The lowest BCUT2D eigenvalue weighted by atomic mass is 10.2. The molecule has 3 aromatic rings. The van der Waals surface area contributed by atoms with Crippen LogP contribution in [0.4, 0.5) is 5.82 Å². The zero-order valence-corrected chi connectivity index (χ0v) is 15.8. The van der Waals surface area contributed by atoms with E-state index in [-0.39, 0.29) is 11.9 Å². The van der Waals surface area contributed by atoms with E-state index in [0.717, 1.165) is 48.2 Å². The summed E-state index contributed by atoms with van der Waals surface area (Å²) in [6, 6.07) is 3.52. The second kappa shape index (κ2) is 7.52. The Kier molecular flexibility index (Phi) is 4.94. The molecule has 140 valence electrons. The molecule has 1 amide bonds. The summed E-state index contributed by atoms with van der Waals surface area (Å²) in [5, 5.41) is 4.43. The minimum absolute atomic E-state index is 0.0672. The maximum absolute atomic E-state index is 12.5. The molecule has 0 spiro atoms. The van der Waals surface area contributed by atoms with E-state index in [1.54, 1.807) is 12.4 Å². The van der Waals surface area contributed by atoms with Crippen molar-refractivity contribution in [3.63, 3.8) is 0 Å². The van der Waals surface area contributed by atoms with Crippen LogP contribution in [0.25, 0.3) is 22.4 Å². The number of hydrogen-bond donors (Lipinski definition) is 2. The van der Waals surface area contributed by atoms with Crippen LogP contribution >= 0.6 is 11.6 Å². The molecule has 0 unspecified atom stereocenters. The second-order valence-electron chi connectivity index (χ2n) is 6.63. The van der Waals surface area contributed by atoms with Crippen LogP contribution in [0, 0.1) is 0 Å². The Morgan fingerprint density at radius 1 is 1.44 bits per heavy atom. The molecule has 0 bridgehead atoms. The zero-order chi connectivity index (χ0) is 18.8. The number of rotatable bonds is 5. The van der Waals surface area contributed by atoms with Crippen LogP contribution in [0.1, 0.15) is 26.2 Å². The monoisotopic (exact) mass is 384 g/mol. The Morgan fingerprint density at radius 3 is 3.19 bits per heavy atom. The largest absolute Gasteiger partial charge is 0.354 e. The van der Waals surface area contributed by atoms with Gasteiger partial charge in [0, 0.05) is 42.6 Å². The molecule has 3 aromatic heterocycles. The molecule has 1 fully saturated rings. The number of aromatic nitrogens is 4. The molecule has 0 radical (unpaired) electrons. The SMILES string of the molecule is CCCNC(=O)[C@H]1CCCN1c1ccnc(-c2c[nH]c3ncc(Cl)cc23)n1. The highest BCUT2D eigenvalue weighted by Gasteiger charge is 2.31. The maximum atomic E-state index is 12.5. The number of nitrogens with zero attached hydrogens (tertiary/aromatic N) is 4. The lowest BCUT2D eigenvalue weighted by Gasteiger charge is -2.25. The number of nitrogens with one attached hydrogen (secondary N) is 2. The van der Waals surface area contributed by atoms with E-state index in [2.05, 4.69) is 25.2 Å². The van der Waals surface area contributed by atoms with Crippen molar-refractivity contribution in [3.8, 4) is 11.4 Å². The number of fused-ring (bicyclic) bond motifs is 1. The van der Waals surface area contributed by atoms with E-state index < -0.39 is 0 Å². The zero-order valence-electron chi connectivity index (χ0n) is 15.1. The fraction of sp³-hybridized carbons (Fsp3) is 0.368. The van der Waals surface area contributed by atoms with E-state index in [4.69, 9.17) is 16.6 Å². The number of anilines is 1. The van der Waals surface area contributed by atoms with Gasteiger partial charge in [0.25, 0.3) is 0 Å². The molecule has 0 aliphatic carbocycles. The van der Waals surface area contributed by atoms with Crippen molar-refractivity contribution in [2.24, 2.45) is 0 Å². The first-order valence-corrected chi connectivity index (χ1v) is 9.55. The van der Waals surface area contributed by atoms with Gasteiger partial charge >= 0.3 is 0 Å². The van der Waals surface area contributed by atoms with Gasteiger partial charge < -0.3 is 15.2 Å². The Hall–Kier alpha value is -2.67. The number of carbonyl (C=O) groups excluding carboxylic acids is 1. The van der Waals surface area contributed by atoms with Crippen LogP contribution < -0.4 is 10.2 Å². The Morgan fingerprint density at radius 2 is 2.33 bits per heavy atom. The van der Waals surface area contributed by atoms with Crippen LogP contribution in [-0.2, 0) is 4.79 Å². The average molecular weight is 385 g/mol. The van der Waals surface area contributed by atoms with Gasteiger partial charge in [-0.1, -0.05) is 18.5 Å². The molecule has 1 atom stereocenters. The summed E-state index contributed by atoms with van der Waals surface area (Å²) in [6.45, 7) is 3.55. The first-order valence-electron chi connectivity index (χ1n) is 9.17. The quantitative estimate of drug-likeness (QED) is 0.705. The van der Waals surface area contributed by atoms with Gasteiger partial charge in [0.05, 0.1) is 5.02 Å². The van der Waals surface area contributed by atoms with Gasteiger partial charge in [0.1, 0.15) is 17.5 Å². The van der Waals surface area contributed by atoms with Crippen molar-refractivity contribution in [1.29, 1.82) is 0 Å². The summed E-state index contributed by atoms with van der Waals surface area (Å²) in [4.78, 5) is 31.1. The van der Waals surface area contributed by atoms with Crippen molar-refractivity contribution in [2.45, 2.75) is 32.2 Å². The number of H-pyrrole nitrogens is 1. The molecule has 27 heavy (non-hydrogen) atoms. The predicted octanol–water partition coefficient (Wildman–Crippen LogP) is 3.17. The molecule has 4 rings (SSSR count). The fourth-order valence-electron chi connectivity index (χ4n) is 3.48. The Balaban J connectivity index is 1.66. The Bertz CT molecular complexity index is 972. The van der Waals surface area contributed by atoms with E-state index in [1.807, 2.05) is 25.3 Å². The van der Waals surface area contributed by atoms with E-state index >= 15 is 0 Å². The number of hydrogen-bond acceptors (Lipinski definition) is 5. The molecule has 4 heterocycles. The van der Waals surface area contributed by atoms with Crippen molar-refractivity contribution in [1.82, 2.24) is 25.3 Å². The topological polar surface area (TPSA) is 86.8 Å². The van der Waals surface area contributed by atoms with Crippen molar-refractivity contribution >= 4 is 34.4 Å². The molecule has 0 aromatic carbocycles. The lowest BCUT2D eigenvalue weighted by Crippen LogP contribution is -2.44. The van der Waals surface area contributed by atoms with Gasteiger partial charge in [0.15, 0.2) is 5.82 Å². The molecule has 1 aliphatic rings. The van der Waals surface area contributed by atoms with E-state index in [1.165, 1.54) is 0 Å². The summed E-state index contributed by atoms with van der Waals surface area (Å²) in [6.07, 6.45) is 7.90. The van der Waals surface area contributed by atoms with Gasteiger partial charge in [-0.05, 0) is 31.4 Å². The van der Waals surface area contributed by atoms with E-state index in [9.17, 15) is 4.79 Å². The van der Waals surface area contributed by atoms with E-state index in [0.29, 0.717) is 17.4 Å². The normalized spacial score (nSPS) is 16.8. The van der Waals surface area contributed by atoms with Gasteiger partial charge in [-0.3, -0.25) is 4.79 Å². The van der Waals surface area contributed by atoms with Gasteiger partial charge in [-0.2, -0.15) is 0 Å². The van der Waals surface area contributed by atoms with Crippen LogP contribution in [0.3, 0.4) is 0 Å². The highest BCUT2D eigenvalue weighted by molar-refractivity contribution is 6.31. The highest BCUT2D eigenvalue weighted by Crippen LogP contribution is 2.30. The van der Waals surface area contributed by atoms with Crippen LogP contribution in [-0.4, -0.2) is 45.0 Å². The number of halogens is 1. The smallest absolute Gasteiger partial charge is 0.242 e. The van der Waals surface area contributed by atoms with Crippen molar-refractivity contribution in [2.75, 3.05) is 18.0 Å². The van der Waals surface area contributed by atoms with Crippen LogP contribution in [0.15, 0.2) is 30.7 Å². The Labute approximate surface area is 162 Å². The van der Waals surface area contributed by atoms with Crippen LogP contribution in [0.2, 0.25) is 5.02 Å². The van der Waals surface area contributed by atoms with Crippen molar-refractivity contribution in [3.05, 3.63) is 35.7 Å². The summed E-state index contributed by atoms with van der Waals surface area (Å²) >= 11 is 6.10. The fourth-order valence-corrected chi connectivity index (χ4v) is 3.64. The number of pyridine rings is 1. The first kappa shape index (κ1) is 17.7. The standard InChI is InChI=1S/C19H21ClN6O/c1-2-6-22-19(27)15-4-3-8-26(15)16-5-7-21-18(25-16)14-11-24-17-13(14)9-12(20)10-23-17/h5,7,9-11,15H,2-4,6,8H2,1H3,(H,22,27)(H,23,24)/t15-/m1/s1. The first-order chi connectivity index (χ1) is 13.2. The third-order valence-electron chi connectivity index (χ3n) is 4.78. The van der Waals surface area contributed by atoms with Gasteiger partial charge in [0.2, 0.25) is 5.91 Å². The minimum Gasteiger partial charge on any atom is -0.354 e. The third kappa shape index (κ3) is 3.47. The van der Waals surface area contributed by atoms with Gasteiger partial charge in [-0.15, -0.1) is 0 Å². The number of amides is 1. The molecule has 8 heteroatoms. The summed E-state index contributed by atoms with van der Waals surface area (Å²) in [5.41, 5.74) is 1.58. The molecule has 1 aliphatic heterocycles. The average Bonchev–Trinajstić information content (AvgIpc) is 3.33. The molecule has 2 N–H and O–H groups in total. The predicted molar refractivity (Wildman–Crippen MR) is 106 cm³/mol. The maximum Gasteiger partial charge on any atom is 0.242 e. The summed E-state index contributed by atoms with van der Waals surface area (Å²) in [5.74, 6) is 1.42. The third-order valence-corrected chi connectivity index (χ3v) is 4.99. The highest BCUT2D eigenvalue weighted by atomic mass is 35.5. The molecular weight excluding hydrogens is 364 g/mol. The molecule has 1 saturated heterocycles. The molecule has 7 nitrogen and oxygen atoms in total. The van der Waals surface area contributed by atoms with Crippen molar-refractivity contribution < 1.29 is 4.79 Å². The summed E-state index contributed by atoms with van der Waals surface area (Å²) < 4.78 is 0. The molecular formula is C19H21ClN6O. The lowest BCUT2D eigenvalue weighted by molar-refractivity contribution is -0.122. The number of carbonyl (C=O) groups is 1. The van der Waals surface area contributed by atoms with Crippen LogP contribution in [0.5, 0.6) is 0 Å². The molecule has 0 saturated carbocycles. The second-order valence-corrected chi connectivity index (χ2v) is 7.07. The summed E-state index contributed by atoms with van der Waals surface area (Å²) in [7, 11) is 0. The minimum atomic E-state index is -0.182.